The molecule has 13 heteroatoms. The lowest BCUT2D eigenvalue weighted by molar-refractivity contribution is -0.130. The number of nitrogens with zero attached hydrogens (tertiary/aromatic N) is 6. The number of amides is 2. The number of imidazole rings is 1. The molecule has 0 spiro atoms. The molecule has 1 aliphatic heterocycles. The van der Waals surface area contributed by atoms with Gasteiger partial charge in [-0.15, -0.1) is 11.3 Å². The molecule has 0 aromatic carbocycles. The van der Waals surface area contributed by atoms with Crippen molar-refractivity contribution >= 4 is 34.9 Å². The average Bonchev–Trinajstić information content (AvgIpc) is 3.25. The Morgan fingerprint density at radius 1 is 1.16 bits per heavy atom. The molecule has 2 aliphatic rings. The monoisotopic (exact) mass is 520 g/mol. The molecule has 12 nitrogen and oxygen atoms in total. The van der Waals surface area contributed by atoms with Crippen molar-refractivity contribution in [1.29, 1.82) is 0 Å². The van der Waals surface area contributed by atoms with E-state index in [1.807, 2.05) is 12.1 Å². The van der Waals surface area contributed by atoms with Gasteiger partial charge in [0.1, 0.15) is 5.69 Å². The number of carbonyl (C=O) groups is 2. The van der Waals surface area contributed by atoms with Crippen LogP contribution in [0.5, 0.6) is 5.88 Å². The number of piperazine rings is 1. The highest BCUT2D eigenvalue weighted by atomic mass is 32.1. The minimum Gasteiger partial charge on any atom is -0.493 e. The summed E-state index contributed by atoms with van der Waals surface area (Å²) >= 11 is 1.36. The number of thiophene rings is 1. The number of hydrogen-bond acceptors (Lipinski definition) is 8. The van der Waals surface area contributed by atoms with Crippen LogP contribution in [0.2, 0.25) is 0 Å². The minimum atomic E-state index is -0.517. The zero-order valence-corrected chi connectivity index (χ0v) is 20.8. The van der Waals surface area contributed by atoms with Crippen LogP contribution in [0, 0.1) is 0 Å². The Bertz CT molecular complexity index is 1700. The quantitative estimate of drug-likeness (QED) is 0.347. The van der Waals surface area contributed by atoms with Crippen molar-refractivity contribution in [2.24, 2.45) is 4.99 Å². The standard InChI is InChI=1S/C24H24N8O4S/c1-13(33)30-6-8-31(9-7-30)23(35)19-5-4-18(37-19)16-11-20(26-15-2-3-15)32-21(27-16)14(12-25-32)10-17-22(34)29-24(36)28-17/h4-5,10-12,15,34H,2-3,6-9H2,1H3,(H2,28,29,36). The largest absolute Gasteiger partial charge is 0.493 e. The van der Waals surface area contributed by atoms with Crippen LogP contribution in [0.4, 0.5) is 0 Å². The molecule has 3 N–H and O–H groups in total. The fraction of sp³-hybridized carbons (Fsp3) is 0.333. The van der Waals surface area contributed by atoms with Gasteiger partial charge in [-0.3, -0.25) is 19.6 Å². The molecule has 4 aromatic heterocycles. The summed E-state index contributed by atoms with van der Waals surface area (Å²) in [5.41, 5.74) is 1.52. The van der Waals surface area contributed by atoms with Crippen LogP contribution in [0.3, 0.4) is 0 Å². The fourth-order valence-electron chi connectivity index (χ4n) is 4.29. The number of rotatable bonds is 4. The SMILES string of the molecule is CC(=O)N1CCN(C(=O)c2ccc(-c3cc(=NC4CC4)n4ncc(=Cc5[nH]c(=O)[nH]c5O)c4n3)s2)CC1. The van der Waals surface area contributed by atoms with Gasteiger partial charge in [-0.25, -0.2) is 9.78 Å². The van der Waals surface area contributed by atoms with Crippen LogP contribution in [0.1, 0.15) is 35.1 Å². The van der Waals surface area contributed by atoms with Gasteiger partial charge in [0.25, 0.3) is 5.91 Å². The molecule has 0 bridgehead atoms. The van der Waals surface area contributed by atoms with E-state index in [9.17, 15) is 19.5 Å². The van der Waals surface area contributed by atoms with Crippen LogP contribution in [0.25, 0.3) is 22.3 Å². The van der Waals surface area contributed by atoms with E-state index in [4.69, 9.17) is 9.98 Å². The first kappa shape index (κ1) is 23.2. The summed E-state index contributed by atoms with van der Waals surface area (Å²) in [7, 11) is 0. The first-order valence-electron chi connectivity index (χ1n) is 12.0. The van der Waals surface area contributed by atoms with Crippen LogP contribution in [0.15, 0.2) is 34.2 Å². The van der Waals surface area contributed by atoms with Gasteiger partial charge < -0.3 is 19.9 Å². The average molecular weight is 521 g/mol. The molecular formula is C24H24N8O4S. The van der Waals surface area contributed by atoms with Gasteiger partial charge in [0.2, 0.25) is 11.8 Å². The van der Waals surface area contributed by atoms with Gasteiger partial charge >= 0.3 is 5.69 Å². The Kier molecular flexibility index (Phi) is 5.63. The number of nitrogens with one attached hydrogen (secondary N) is 2. The van der Waals surface area contributed by atoms with E-state index in [1.54, 1.807) is 39.6 Å². The predicted octanol–water partition coefficient (Wildman–Crippen LogP) is 0.0949. The third-order valence-electron chi connectivity index (χ3n) is 6.46. The van der Waals surface area contributed by atoms with Gasteiger partial charge in [-0.2, -0.15) is 9.61 Å². The highest BCUT2D eigenvalue weighted by Gasteiger charge is 2.25. The maximum Gasteiger partial charge on any atom is 0.326 e. The number of hydrogen-bond donors (Lipinski definition) is 3. The van der Waals surface area contributed by atoms with Crippen molar-refractivity contribution in [1.82, 2.24) is 34.4 Å². The molecule has 0 radical (unpaired) electrons. The molecule has 190 valence electrons. The van der Waals surface area contributed by atoms with Crippen molar-refractivity contribution in [3.8, 4) is 16.5 Å². The van der Waals surface area contributed by atoms with E-state index in [1.165, 1.54) is 11.3 Å². The van der Waals surface area contributed by atoms with E-state index in [-0.39, 0.29) is 29.4 Å². The highest BCUT2D eigenvalue weighted by molar-refractivity contribution is 7.17. The summed E-state index contributed by atoms with van der Waals surface area (Å²) in [4.78, 5) is 55.6. The molecule has 1 saturated carbocycles. The lowest BCUT2D eigenvalue weighted by Gasteiger charge is -2.33. The molecule has 37 heavy (non-hydrogen) atoms. The van der Waals surface area contributed by atoms with Crippen molar-refractivity contribution in [3.63, 3.8) is 0 Å². The van der Waals surface area contributed by atoms with Gasteiger partial charge in [0, 0.05) is 44.4 Å². The topological polar surface area (TPSA) is 152 Å². The zero-order chi connectivity index (χ0) is 25.7. The van der Waals surface area contributed by atoms with Crippen molar-refractivity contribution in [3.05, 3.63) is 56.2 Å². The molecule has 5 heterocycles. The third-order valence-corrected chi connectivity index (χ3v) is 7.55. The number of aromatic nitrogens is 5. The Balaban J connectivity index is 1.37. The second-order valence-corrected chi connectivity index (χ2v) is 10.2. The van der Waals surface area contributed by atoms with Crippen molar-refractivity contribution in [2.75, 3.05) is 26.2 Å². The summed E-state index contributed by atoms with van der Waals surface area (Å²) in [6, 6.07) is 5.78. The Labute approximate surface area is 213 Å². The summed E-state index contributed by atoms with van der Waals surface area (Å²) < 4.78 is 1.64. The molecule has 2 fully saturated rings. The van der Waals surface area contributed by atoms with Crippen molar-refractivity contribution in [2.45, 2.75) is 25.8 Å². The first-order valence-corrected chi connectivity index (χ1v) is 12.8. The maximum absolute atomic E-state index is 13.1. The molecule has 0 atom stereocenters. The first-order chi connectivity index (χ1) is 17.9. The fourth-order valence-corrected chi connectivity index (χ4v) is 5.23. The van der Waals surface area contributed by atoms with E-state index in [0.717, 1.165) is 17.7 Å². The summed E-state index contributed by atoms with van der Waals surface area (Å²) in [5.74, 6) is -0.309. The third kappa shape index (κ3) is 4.53. The normalized spacial score (nSPS) is 17.2. The smallest absolute Gasteiger partial charge is 0.326 e. The number of fused-ring (bicyclic) bond motifs is 1. The highest BCUT2D eigenvalue weighted by Crippen LogP contribution is 2.28. The van der Waals surface area contributed by atoms with Crippen LogP contribution < -0.4 is 16.4 Å². The number of H-pyrrole nitrogens is 2. The van der Waals surface area contributed by atoms with Gasteiger partial charge in [-0.05, 0) is 31.1 Å². The molecule has 1 saturated heterocycles. The maximum atomic E-state index is 13.1. The molecule has 1 aliphatic carbocycles. The summed E-state index contributed by atoms with van der Waals surface area (Å²) in [6.45, 7) is 3.62. The van der Waals surface area contributed by atoms with Crippen LogP contribution in [-0.2, 0) is 4.79 Å². The van der Waals surface area contributed by atoms with Gasteiger partial charge in [-0.1, -0.05) is 0 Å². The predicted molar refractivity (Wildman–Crippen MR) is 135 cm³/mol. The van der Waals surface area contributed by atoms with E-state index < -0.39 is 5.69 Å². The van der Waals surface area contributed by atoms with Gasteiger partial charge in [0.15, 0.2) is 11.1 Å². The zero-order valence-electron chi connectivity index (χ0n) is 20.0. The lowest BCUT2D eigenvalue weighted by atomic mass is 10.2. The molecule has 4 aromatic rings. The van der Waals surface area contributed by atoms with Crippen LogP contribution >= 0.6 is 11.3 Å². The second kappa shape index (κ2) is 9.00. The van der Waals surface area contributed by atoms with E-state index >= 15 is 0 Å². The Morgan fingerprint density at radius 2 is 1.92 bits per heavy atom. The molecule has 0 unspecified atom stereocenters. The Hall–Kier alpha value is -4.26. The Morgan fingerprint density at radius 3 is 2.59 bits per heavy atom. The van der Waals surface area contributed by atoms with Crippen LogP contribution in [-0.4, -0.2) is 83.5 Å². The second-order valence-electron chi connectivity index (χ2n) is 9.14. The summed E-state index contributed by atoms with van der Waals surface area (Å²) in [6.07, 6.45) is 5.24. The number of carbonyl (C=O) groups excluding carboxylic acids is 2. The lowest BCUT2D eigenvalue weighted by Crippen LogP contribution is -2.49. The molecule has 6 rings (SSSR count). The van der Waals surface area contributed by atoms with Crippen molar-refractivity contribution < 1.29 is 14.7 Å². The summed E-state index contributed by atoms with van der Waals surface area (Å²) in [5, 5.41) is 15.0. The van der Waals surface area contributed by atoms with E-state index in [2.05, 4.69) is 15.1 Å². The molecule has 2 amide bonds. The number of aromatic amines is 2. The van der Waals surface area contributed by atoms with E-state index in [0.29, 0.717) is 53.1 Å². The minimum absolute atomic E-state index is 0.0222. The molecular weight excluding hydrogens is 496 g/mol. The number of aromatic hydroxyl groups is 1. The van der Waals surface area contributed by atoms with Gasteiger partial charge in [0.05, 0.1) is 27.7 Å².